The number of hydrogen-bond acceptors (Lipinski definition) is 0. The Hall–Kier alpha value is -1.39. The van der Waals surface area contributed by atoms with E-state index in [1.807, 2.05) is 0 Å². The number of rotatable bonds is 5. The molecular weight excluding hydrogens is 431 g/mol. The van der Waals surface area contributed by atoms with Crippen LogP contribution in [0.2, 0.25) is 19.6 Å². The summed E-state index contributed by atoms with van der Waals surface area (Å²) in [5.41, 5.74) is 2.28. The molecule has 0 nitrogen and oxygen atoms in total. The molecule has 0 atom stereocenters. The molecule has 0 aromatic rings. The van der Waals surface area contributed by atoms with E-state index in [0.717, 1.165) is 0 Å². The SMILES string of the molecule is C[Si](C)(C)C#C/C=C/C(F)(F)C(F)(F)C(F)(F)C(F)(F)C(F)(F)C(F)(F)F. The molecule has 0 radical (unpaired) electrons. The van der Waals surface area contributed by atoms with Gasteiger partial charge in [0.1, 0.15) is 8.07 Å². The van der Waals surface area contributed by atoms with Crippen molar-refractivity contribution in [2.45, 2.75) is 55.4 Å². The Balaban J connectivity index is 6.15. The standard InChI is InChI=1S/C13H11F13Si/c1-27(2,3)7-5-4-6-8(14,15)9(16,17)10(18,19)11(20,21)12(22,23)13(24,25)26/h4,6H,1-3H3/b6-4+. The number of halogens is 13. The first-order valence-corrected chi connectivity index (χ1v) is 10.1. The minimum absolute atomic E-state index is 0.109. The summed E-state index contributed by atoms with van der Waals surface area (Å²) < 4.78 is 166. The van der Waals surface area contributed by atoms with Crippen LogP contribution in [0.4, 0.5) is 57.1 Å². The van der Waals surface area contributed by atoms with Crippen LogP contribution < -0.4 is 0 Å². The number of allylic oxidation sites excluding steroid dienone is 2. The molecule has 0 aliphatic carbocycles. The predicted octanol–water partition coefficient (Wildman–Crippen LogP) is 6.16. The Morgan fingerprint density at radius 2 is 0.963 bits per heavy atom. The Kier molecular flexibility index (Phi) is 6.54. The number of hydrogen-bond donors (Lipinski definition) is 0. The fourth-order valence-corrected chi connectivity index (χ4v) is 1.81. The molecule has 0 aromatic heterocycles. The van der Waals surface area contributed by atoms with E-state index in [-0.39, 0.29) is 6.08 Å². The highest BCUT2D eigenvalue weighted by Gasteiger charge is 2.90. The highest BCUT2D eigenvalue weighted by Crippen LogP contribution is 2.60. The molecule has 0 rings (SSSR count). The maximum Gasteiger partial charge on any atom is 0.460 e. The second kappa shape index (κ2) is 6.89. The van der Waals surface area contributed by atoms with Gasteiger partial charge in [-0.2, -0.15) is 57.1 Å². The van der Waals surface area contributed by atoms with E-state index < -0.39 is 49.9 Å². The van der Waals surface area contributed by atoms with Gasteiger partial charge in [0, 0.05) is 0 Å². The van der Waals surface area contributed by atoms with Crippen LogP contribution in [0.5, 0.6) is 0 Å². The van der Waals surface area contributed by atoms with Crippen molar-refractivity contribution in [2.75, 3.05) is 0 Å². The molecule has 0 N–H and O–H groups in total. The monoisotopic (exact) mass is 442 g/mol. The summed E-state index contributed by atoms with van der Waals surface area (Å²) in [6.45, 7) is 4.65. The van der Waals surface area contributed by atoms with Gasteiger partial charge < -0.3 is 0 Å². The van der Waals surface area contributed by atoms with Gasteiger partial charge in [0.15, 0.2) is 0 Å². The summed E-state index contributed by atoms with van der Waals surface area (Å²) in [6.07, 6.45) is -8.60. The zero-order valence-corrected chi connectivity index (χ0v) is 14.6. The van der Waals surface area contributed by atoms with Gasteiger partial charge >= 0.3 is 35.8 Å². The van der Waals surface area contributed by atoms with Crippen LogP contribution in [0, 0.1) is 11.5 Å². The first kappa shape index (κ1) is 25.6. The average Bonchev–Trinajstić information content (AvgIpc) is 2.40. The van der Waals surface area contributed by atoms with Gasteiger partial charge in [0.2, 0.25) is 0 Å². The van der Waals surface area contributed by atoms with Crippen molar-refractivity contribution in [3.05, 3.63) is 12.2 Å². The van der Waals surface area contributed by atoms with Gasteiger partial charge in [-0.25, -0.2) is 0 Å². The van der Waals surface area contributed by atoms with Crippen LogP contribution in [0.3, 0.4) is 0 Å². The molecule has 0 aliphatic rings. The fourth-order valence-electron chi connectivity index (χ4n) is 1.29. The molecular formula is C13H11F13Si. The fraction of sp³-hybridized carbons (Fsp3) is 0.692. The van der Waals surface area contributed by atoms with Crippen LogP contribution >= 0.6 is 0 Å². The van der Waals surface area contributed by atoms with Gasteiger partial charge in [0.25, 0.3) is 0 Å². The lowest BCUT2D eigenvalue weighted by molar-refractivity contribution is -0.436. The van der Waals surface area contributed by atoms with E-state index in [1.54, 1.807) is 25.6 Å². The summed E-state index contributed by atoms with van der Waals surface area (Å²) in [4.78, 5) is 0. The minimum atomic E-state index is -7.89. The lowest BCUT2D eigenvalue weighted by atomic mass is 9.94. The van der Waals surface area contributed by atoms with E-state index in [9.17, 15) is 57.1 Å². The van der Waals surface area contributed by atoms with E-state index in [1.165, 1.54) is 0 Å². The lowest BCUT2D eigenvalue weighted by Gasteiger charge is -2.39. The predicted molar refractivity (Wildman–Crippen MR) is 71.1 cm³/mol. The normalized spacial score (nSPS) is 15.7. The Labute approximate surface area is 145 Å². The maximum atomic E-state index is 13.3. The van der Waals surface area contributed by atoms with Crippen LogP contribution in [0.15, 0.2) is 12.2 Å². The second-order valence-electron chi connectivity index (χ2n) is 6.27. The zero-order valence-electron chi connectivity index (χ0n) is 13.6. The van der Waals surface area contributed by atoms with Gasteiger partial charge in [-0.3, -0.25) is 0 Å². The number of alkyl halides is 13. The van der Waals surface area contributed by atoms with Crippen LogP contribution in [-0.4, -0.2) is 43.9 Å². The van der Waals surface area contributed by atoms with Crippen molar-refractivity contribution < 1.29 is 57.1 Å². The van der Waals surface area contributed by atoms with Crippen molar-refractivity contribution in [3.63, 3.8) is 0 Å². The molecule has 0 amide bonds. The molecule has 27 heavy (non-hydrogen) atoms. The Morgan fingerprint density at radius 1 is 0.593 bits per heavy atom. The molecule has 14 heteroatoms. The second-order valence-corrected chi connectivity index (χ2v) is 11.0. The molecule has 0 heterocycles. The molecule has 0 saturated carbocycles. The average molecular weight is 442 g/mol. The molecule has 0 spiro atoms. The molecule has 158 valence electrons. The summed E-state index contributed by atoms with van der Waals surface area (Å²) in [7, 11) is -2.25. The zero-order chi connectivity index (χ0) is 22.3. The van der Waals surface area contributed by atoms with E-state index >= 15 is 0 Å². The van der Waals surface area contributed by atoms with Crippen molar-refractivity contribution in [2.24, 2.45) is 0 Å². The topological polar surface area (TPSA) is 0 Å². The third-order valence-electron chi connectivity index (χ3n) is 2.78. The highest BCUT2D eigenvalue weighted by molar-refractivity contribution is 6.83. The van der Waals surface area contributed by atoms with Crippen molar-refractivity contribution in [1.82, 2.24) is 0 Å². The van der Waals surface area contributed by atoms with E-state index in [0.29, 0.717) is 0 Å². The molecule has 0 unspecified atom stereocenters. The van der Waals surface area contributed by atoms with Crippen LogP contribution in [0.1, 0.15) is 0 Å². The van der Waals surface area contributed by atoms with Crippen molar-refractivity contribution in [1.29, 1.82) is 0 Å². The van der Waals surface area contributed by atoms with Crippen molar-refractivity contribution in [3.8, 4) is 11.5 Å². The summed E-state index contributed by atoms with van der Waals surface area (Å²) in [5.74, 6) is -35.2. The van der Waals surface area contributed by atoms with Gasteiger partial charge in [0.05, 0.1) is 0 Å². The lowest BCUT2D eigenvalue weighted by Crippen LogP contribution is -2.69. The highest BCUT2D eigenvalue weighted by atomic mass is 28.3. The molecule has 0 aromatic carbocycles. The third kappa shape index (κ3) is 4.54. The minimum Gasteiger partial charge on any atom is -0.195 e. The van der Waals surface area contributed by atoms with Crippen LogP contribution in [0.25, 0.3) is 0 Å². The Bertz CT molecular complexity index is 625. The van der Waals surface area contributed by atoms with Gasteiger partial charge in [-0.05, 0) is 12.2 Å². The molecule has 0 bridgehead atoms. The van der Waals surface area contributed by atoms with Crippen LogP contribution in [-0.2, 0) is 0 Å². The van der Waals surface area contributed by atoms with Gasteiger partial charge in [-0.1, -0.05) is 25.6 Å². The molecule has 0 aliphatic heterocycles. The summed E-state index contributed by atoms with van der Waals surface area (Å²) in [5, 5.41) is 0. The Morgan fingerprint density at radius 3 is 1.30 bits per heavy atom. The first-order valence-electron chi connectivity index (χ1n) is 6.62. The first-order chi connectivity index (χ1) is 11.5. The quantitative estimate of drug-likeness (QED) is 0.272. The van der Waals surface area contributed by atoms with E-state index in [2.05, 4.69) is 5.54 Å². The summed E-state index contributed by atoms with van der Waals surface area (Å²) >= 11 is 0. The maximum absolute atomic E-state index is 13.3. The van der Waals surface area contributed by atoms with Gasteiger partial charge in [-0.15, -0.1) is 5.54 Å². The smallest absolute Gasteiger partial charge is 0.195 e. The largest absolute Gasteiger partial charge is 0.460 e. The summed E-state index contributed by atoms with van der Waals surface area (Å²) in [6, 6.07) is 0. The van der Waals surface area contributed by atoms with Crippen molar-refractivity contribution >= 4 is 8.07 Å². The third-order valence-corrected chi connectivity index (χ3v) is 3.68. The van der Waals surface area contributed by atoms with E-state index in [4.69, 9.17) is 0 Å². The molecule has 0 saturated heterocycles. The molecule has 0 fully saturated rings.